The highest BCUT2D eigenvalue weighted by Crippen LogP contribution is 2.59. The van der Waals surface area contributed by atoms with E-state index >= 15 is 0 Å². The van der Waals surface area contributed by atoms with Gasteiger partial charge in [0.1, 0.15) is 0 Å². The minimum atomic E-state index is -2.42. The lowest BCUT2D eigenvalue weighted by atomic mass is 10.2. The number of benzene rings is 1. The Morgan fingerprint density at radius 3 is 2.23 bits per heavy atom. The molecule has 126 valence electrons. The Balaban J connectivity index is 0.00000441. The third-order valence-corrected chi connectivity index (χ3v) is 8.60. The highest BCUT2D eigenvalue weighted by molar-refractivity contribution is 8.68. The number of hydrogen-bond acceptors (Lipinski definition) is 5. The van der Waals surface area contributed by atoms with Crippen molar-refractivity contribution in [3.63, 3.8) is 0 Å². The molecular formula is C14H23ClNO3PS2. The van der Waals surface area contributed by atoms with Gasteiger partial charge in [-0.3, -0.25) is 4.79 Å². The van der Waals surface area contributed by atoms with Crippen molar-refractivity contribution in [3.8, 4) is 0 Å². The molecule has 0 aromatic heterocycles. The van der Waals surface area contributed by atoms with Crippen LogP contribution >= 0.6 is 28.7 Å². The topological polar surface area (TPSA) is 38.8 Å². The third kappa shape index (κ3) is 6.19. The lowest BCUT2D eigenvalue weighted by Crippen LogP contribution is -2.38. The number of carbonyl (C=O) groups excluding carboxylic acids is 1. The highest BCUT2D eigenvalue weighted by atomic mass is 35.5. The van der Waals surface area contributed by atoms with Gasteiger partial charge < -0.3 is 13.9 Å². The van der Waals surface area contributed by atoms with Gasteiger partial charge in [-0.2, -0.15) is 0 Å². The fourth-order valence-electron chi connectivity index (χ4n) is 1.72. The Bertz CT molecular complexity index is 517. The van der Waals surface area contributed by atoms with E-state index in [4.69, 9.17) is 32.5 Å². The van der Waals surface area contributed by atoms with Crippen LogP contribution < -0.4 is 4.90 Å². The summed E-state index contributed by atoms with van der Waals surface area (Å²) in [5, 5.41) is 0.638. The first kappa shape index (κ1) is 21.9. The van der Waals surface area contributed by atoms with Crippen molar-refractivity contribution < 1.29 is 13.8 Å². The monoisotopic (exact) mass is 383 g/mol. The average Bonchev–Trinajstić information content (AvgIpc) is 2.46. The number of halogens is 1. The molecule has 0 aliphatic heterocycles. The molecule has 4 nitrogen and oxygen atoms in total. The van der Waals surface area contributed by atoms with E-state index in [0.29, 0.717) is 5.02 Å². The zero-order chi connectivity index (χ0) is 16.0. The Labute approximate surface area is 147 Å². The molecular weight excluding hydrogens is 361 g/mol. The number of anilines is 1. The standard InChI is InChI=1S/C13H19ClNO3PS2.CH4/c1-10(2)15(12-7-5-11(14)6-8-12)13(16)9-21-19(20,17-3)18-4;/h5-8,10H,9H2,1-4H3;1H4. The van der Waals surface area contributed by atoms with Crippen molar-refractivity contribution in [1.82, 2.24) is 0 Å². The Morgan fingerprint density at radius 2 is 1.82 bits per heavy atom. The van der Waals surface area contributed by atoms with E-state index in [9.17, 15) is 4.79 Å². The highest BCUT2D eigenvalue weighted by Gasteiger charge is 2.23. The number of amides is 1. The molecule has 0 bridgehead atoms. The van der Waals surface area contributed by atoms with E-state index < -0.39 is 5.69 Å². The first-order valence-electron chi connectivity index (χ1n) is 6.26. The molecule has 8 heteroatoms. The Hall–Kier alpha value is -0.100. The van der Waals surface area contributed by atoms with E-state index in [0.717, 1.165) is 5.69 Å². The van der Waals surface area contributed by atoms with Crippen LogP contribution in [0.25, 0.3) is 0 Å². The SMILES string of the molecule is C.COP(=S)(OC)SCC(=O)N(c1ccc(Cl)cc1)C(C)C. The Morgan fingerprint density at radius 1 is 1.32 bits per heavy atom. The summed E-state index contributed by atoms with van der Waals surface area (Å²) in [7, 11) is 3.00. The maximum absolute atomic E-state index is 12.5. The van der Waals surface area contributed by atoms with Crippen LogP contribution in [-0.2, 0) is 25.6 Å². The molecule has 0 heterocycles. The van der Waals surface area contributed by atoms with Crippen molar-refractivity contribution in [1.29, 1.82) is 0 Å². The number of hydrogen-bond donors (Lipinski definition) is 0. The molecule has 0 saturated heterocycles. The summed E-state index contributed by atoms with van der Waals surface area (Å²) in [5.74, 6) is 0.167. The maximum Gasteiger partial charge on any atom is 0.247 e. The Kier molecular flexibility index (Phi) is 9.86. The van der Waals surface area contributed by atoms with Crippen LogP contribution in [0.1, 0.15) is 21.3 Å². The lowest BCUT2D eigenvalue weighted by Gasteiger charge is -2.27. The third-order valence-electron chi connectivity index (χ3n) is 2.68. The minimum Gasteiger partial charge on any atom is -0.325 e. The summed E-state index contributed by atoms with van der Waals surface area (Å²) < 4.78 is 10.4. The molecule has 1 rings (SSSR count). The fraction of sp³-hybridized carbons (Fsp3) is 0.500. The van der Waals surface area contributed by atoms with Gasteiger partial charge in [0.05, 0.1) is 5.75 Å². The van der Waals surface area contributed by atoms with Crippen molar-refractivity contribution in [2.75, 3.05) is 24.9 Å². The van der Waals surface area contributed by atoms with E-state index in [2.05, 4.69) is 0 Å². The predicted octanol–water partition coefficient (Wildman–Crippen LogP) is 4.97. The second kappa shape index (κ2) is 9.91. The van der Waals surface area contributed by atoms with Crippen molar-refractivity contribution in [2.24, 2.45) is 0 Å². The molecule has 1 aromatic carbocycles. The van der Waals surface area contributed by atoms with Gasteiger partial charge in [-0.25, -0.2) is 0 Å². The molecule has 0 aliphatic rings. The van der Waals surface area contributed by atoms with Crippen LogP contribution in [0, 0.1) is 0 Å². The molecule has 0 aliphatic carbocycles. The van der Waals surface area contributed by atoms with Crippen molar-refractivity contribution >= 4 is 52.1 Å². The van der Waals surface area contributed by atoms with Gasteiger partial charge in [-0.15, -0.1) is 0 Å². The van der Waals surface area contributed by atoms with Crippen LogP contribution in [0.15, 0.2) is 24.3 Å². The van der Waals surface area contributed by atoms with Gasteiger partial charge in [0.15, 0.2) is 0 Å². The van der Waals surface area contributed by atoms with E-state index in [1.54, 1.807) is 17.0 Å². The molecule has 0 unspecified atom stereocenters. The quantitative estimate of drug-likeness (QED) is 0.621. The van der Waals surface area contributed by atoms with Crippen LogP contribution in [0.3, 0.4) is 0 Å². The molecule has 1 amide bonds. The summed E-state index contributed by atoms with van der Waals surface area (Å²) in [6.07, 6.45) is 0. The molecule has 0 atom stereocenters. The molecule has 0 spiro atoms. The van der Waals surface area contributed by atoms with Crippen LogP contribution in [0.4, 0.5) is 5.69 Å². The largest absolute Gasteiger partial charge is 0.325 e. The van der Waals surface area contributed by atoms with Crippen LogP contribution in [-0.4, -0.2) is 31.9 Å². The van der Waals surface area contributed by atoms with Crippen LogP contribution in [0.2, 0.25) is 5.02 Å². The molecule has 0 radical (unpaired) electrons. The lowest BCUT2D eigenvalue weighted by molar-refractivity contribution is -0.116. The summed E-state index contributed by atoms with van der Waals surface area (Å²) in [4.78, 5) is 14.2. The van der Waals surface area contributed by atoms with Gasteiger partial charge >= 0.3 is 0 Å². The number of nitrogens with zero attached hydrogens (tertiary/aromatic N) is 1. The van der Waals surface area contributed by atoms with E-state index in [1.807, 2.05) is 26.0 Å². The summed E-state index contributed by atoms with van der Waals surface area (Å²) in [5.41, 5.74) is -1.61. The molecule has 1 aromatic rings. The zero-order valence-corrected chi connectivity index (χ0v) is 15.7. The normalized spacial score (nSPS) is 11.2. The average molecular weight is 384 g/mol. The maximum atomic E-state index is 12.5. The summed E-state index contributed by atoms with van der Waals surface area (Å²) in [6.45, 7) is 3.92. The second-order valence-corrected chi connectivity index (χ2v) is 11.4. The van der Waals surface area contributed by atoms with Crippen molar-refractivity contribution in [3.05, 3.63) is 29.3 Å². The van der Waals surface area contributed by atoms with Crippen LogP contribution in [0.5, 0.6) is 0 Å². The minimum absolute atomic E-state index is 0. The van der Waals surface area contributed by atoms with E-state index in [-0.39, 0.29) is 25.1 Å². The van der Waals surface area contributed by atoms with Crippen molar-refractivity contribution in [2.45, 2.75) is 27.3 Å². The molecule has 0 fully saturated rings. The molecule has 0 saturated carbocycles. The van der Waals surface area contributed by atoms with Gasteiger partial charge in [-0.05, 0) is 49.9 Å². The summed E-state index contributed by atoms with van der Waals surface area (Å²) >= 11 is 12.4. The summed E-state index contributed by atoms with van der Waals surface area (Å²) in [6, 6.07) is 7.21. The van der Waals surface area contributed by atoms with Gasteiger partial charge in [0.25, 0.3) is 0 Å². The number of rotatable bonds is 7. The first-order chi connectivity index (χ1) is 9.83. The molecule has 0 N–H and O–H groups in total. The molecule has 22 heavy (non-hydrogen) atoms. The van der Waals surface area contributed by atoms with Gasteiger partial charge in [0, 0.05) is 31.0 Å². The fourth-order valence-corrected chi connectivity index (χ4v) is 4.52. The number of carbonyl (C=O) groups is 1. The van der Waals surface area contributed by atoms with Gasteiger partial charge in [-0.1, -0.05) is 30.4 Å². The predicted molar refractivity (Wildman–Crippen MR) is 102 cm³/mol. The first-order valence-corrected chi connectivity index (χ1v) is 10.9. The zero-order valence-electron chi connectivity index (χ0n) is 12.4. The smallest absolute Gasteiger partial charge is 0.247 e. The second-order valence-electron chi connectivity index (χ2n) is 4.42. The van der Waals surface area contributed by atoms with Gasteiger partial charge in [0.2, 0.25) is 11.6 Å². The van der Waals surface area contributed by atoms with E-state index in [1.165, 1.54) is 25.6 Å².